The fraction of sp³-hybridized carbons (Fsp3) is 0.731. The normalized spacial score (nSPS) is 13.7. The van der Waals surface area contributed by atoms with Crippen molar-refractivity contribution < 1.29 is 23.7 Å². The average Bonchev–Trinajstić information content (AvgIpc) is 2.77. The molecule has 0 spiro atoms. The minimum absolute atomic E-state index is 0.100. The lowest BCUT2D eigenvalue weighted by Crippen LogP contribution is -2.39. The molecule has 0 heterocycles. The Morgan fingerprint density at radius 1 is 1.06 bits per heavy atom. The monoisotopic (exact) mass is 453 g/mol. The number of hydrogen-bond acceptors (Lipinski definition) is 6. The van der Waals surface area contributed by atoms with Gasteiger partial charge in [-0.15, -0.1) is 0 Å². The van der Waals surface area contributed by atoms with Gasteiger partial charge in [0.2, 0.25) is 0 Å². The van der Waals surface area contributed by atoms with Crippen LogP contribution in [0.3, 0.4) is 0 Å². The van der Waals surface area contributed by atoms with E-state index in [1.165, 1.54) is 12.0 Å². The molecule has 186 valence electrons. The first-order chi connectivity index (χ1) is 15.4. The molecule has 0 saturated carbocycles. The zero-order valence-corrected chi connectivity index (χ0v) is 21.4. The van der Waals surface area contributed by atoms with E-state index in [1.807, 2.05) is 6.07 Å². The van der Waals surface area contributed by atoms with Gasteiger partial charge in [0.05, 0.1) is 19.8 Å². The third-order valence-electron chi connectivity index (χ3n) is 5.34. The van der Waals surface area contributed by atoms with Crippen LogP contribution in [0.25, 0.3) is 0 Å². The molecule has 0 aliphatic carbocycles. The number of ether oxygens (including phenoxy) is 4. The topological polar surface area (TPSA) is 80.0 Å². The van der Waals surface area contributed by atoms with E-state index in [9.17, 15) is 4.79 Å². The highest BCUT2D eigenvalue weighted by Crippen LogP contribution is 2.31. The van der Waals surface area contributed by atoms with E-state index in [-0.39, 0.29) is 12.1 Å². The Morgan fingerprint density at radius 3 is 2.28 bits per heavy atom. The zero-order valence-electron chi connectivity index (χ0n) is 21.4. The number of carbonyl (C=O) groups is 1. The molecule has 0 aromatic heterocycles. The highest BCUT2D eigenvalue weighted by Gasteiger charge is 2.24. The number of nitrogens with two attached hydrogens (primary N) is 1. The fourth-order valence-electron chi connectivity index (χ4n) is 3.48. The molecular weight excluding hydrogens is 406 g/mol. The molecule has 0 aliphatic rings. The number of carbonyl (C=O) groups excluding carboxylic acids is 1. The van der Waals surface area contributed by atoms with Gasteiger partial charge in [-0.2, -0.15) is 0 Å². The van der Waals surface area contributed by atoms with Crippen molar-refractivity contribution in [2.24, 2.45) is 17.6 Å². The molecule has 0 amide bonds. The second kappa shape index (κ2) is 18.9. The van der Waals surface area contributed by atoms with Crippen molar-refractivity contribution in [3.63, 3.8) is 0 Å². The van der Waals surface area contributed by atoms with Crippen LogP contribution in [0.1, 0.15) is 65.4 Å². The van der Waals surface area contributed by atoms with Gasteiger partial charge >= 0.3 is 0 Å². The van der Waals surface area contributed by atoms with Gasteiger partial charge in [0.25, 0.3) is 0 Å². The number of hydrogen-bond donors (Lipinski definition) is 1. The Kier molecular flexibility index (Phi) is 17.9. The van der Waals surface area contributed by atoms with Crippen LogP contribution in [0.5, 0.6) is 11.5 Å². The third kappa shape index (κ3) is 12.4. The number of methoxy groups -OCH3 is 3. The molecule has 3 unspecified atom stereocenters. The van der Waals surface area contributed by atoms with Crippen LogP contribution in [0.4, 0.5) is 0 Å². The van der Waals surface area contributed by atoms with E-state index >= 15 is 0 Å². The van der Waals surface area contributed by atoms with Crippen molar-refractivity contribution in [2.75, 3.05) is 34.5 Å². The Labute approximate surface area is 196 Å². The van der Waals surface area contributed by atoms with Gasteiger partial charge in [0.1, 0.15) is 6.29 Å². The predicted octanol–water partition coefficient (Wildman–Crippen LogP) is 5.05. The van der Waals surface area contributed by atoms with Gasteiger partial charge in [-0.25, -0.2) is 0 Å². The number of rotatable bonds is 16. The maximum atomic E-state index is 10.7. The van der Waals surface area contributed by atoms with Crippen LogP contribution in [-0.2, 0) is 20.7 Å². The lowest BCUT2D eigenvalue weighted by Gasteiger charge is -2.29. The van der Waals surface area contributed by atoms with E-state index in [0.717, 1.165) is 37.0 Å². The molecule has 1 aromatic rings. The van der Waals surface area contributed by atoms with E-state index < -0.39 is 0 Å². The van der Waals surface area contributed by atoms with Crippen molar-refractivity contribution in [3.8, 4) is 11.5 Å². The average molecular weight is 454 g/mol. The summed E-state index contributed by atoms with van der Waals surface area (Å²) in [5.74, 6) is 2.36. The quantitative estimate of drug-likeness (QED) is 0.279. The zero-order chi connectivity index (χ0) is 24.4. The second-order valence-corrected chi connectivity index (χ2v) is 8.51. The van der Waals surface area contributed by atoms with Crippen molar-refractivity contribution in [3.05, 3.63) is 23.8 Å². The minimum atomic E-state index is -0.102. The Balaban J connectivity index is 0.00000302. The summed E-state index contributed by atoms with van der Waals surface area (Å²) >= 11 is 0. The summed E-state index contributed by atoms with van der Waals surface area (Å²) in [5.41, 5.74) is 7.63. The first-order valence-corrected chi connectivity index (χ1v) is 11.9. The SMILES string of the molecule is CCC.COCCCOc1cc(CC(CC(N)C(CCC=O)OC)C(C)C)ccc1OC. The highest BCUT2D eigenvalue weighted by atomic mass is 16.5. The van der Waals surface area contributed by atoms with E-state index in [4.69, 9.17) is 24.7 Å². The summed E-state index contributed by atoms with van der Waals surface area (Å²) in [4.78, 5) is 10.7. The fourth-order valence-corrected chi connectivity index (χ4v) is 3.48. The summed E-state index contributed by atoms with van der Waals surface area (Å²) in [6.07, 6.45) is 5.77. The number of benzene rings is 1. The summed E-state index contributed by atoms with van der Waals surface area (Å²) in [7, 11) is 5.00. The first kappa shape index (κ1) is 30.4. The molecule has 3 atom stereocenters. The molecule has 32 heavy (non-hydrogen) atoms. The summed E-state index contributed by atoms with van der Waals surface area (Å²) in [5, 5.41) is 0. The van der Waals surface area contributed by atoms with Crippen LogP contribution in [-0.4, -0.2) is 53.0 Å². The van der Waals surface area contributed by atoms with Crippen LogP contribution in [0, 0.1) is 11.8 Å². The maximum Gasteiger partial charge on any atom is 0.161 e. The van der Waals surface area contributed by atoms with Gasteiger partial charge in [0, 0.05) is 39.7 Å². The van der Waals surface area contributed by atoms with Gasteiger partial charge < -0.3 is 29.5 Å². The van der Waals surface area contributed by atoms with Crippen LogP contribution >= 0.6 is 0 Å². The predicted molar refractivity (Wildman–Crippen MR) is 132 cm³/mol. The molecule has 1 rings (SSSR count). The smallest absolute Gasteiger partial charge is 0.161 e. The van der Waals surface area contributed by atoms with E-state index in [0.29, 0.717) is 37.9 Å². The molecule has 0 bridgehead atoms. The molecule has 1 aromatic carbocycles. The van der Waals surface area contributed by atoms with Gasteiger partial charge in [-0.1, -0.05) is 40.2 Å². The van der Waals surface area contributed by atoms with Gasteiger partial charge in [-0.05, 0) is 48.8 Å². The molecule has 0 fully saturated rings. The van der Waals surface area contributed by atoms with Crippen molar-refractivity contribution in [1.82, 2.24) is 0 Å². The van der Waals surface area contributed by atoms with Crippen molar-refractivity contribution in [1.29, 1.82) is 0 Å². The lowest BCUT2D eigenvalue weighted by molar-refractivity contribution is -0.108. The van der Waals surface area contributed by atoms with Crippen molar-refractivity contribution in [2.45, 2.75) is 78.4 Å². The maximum absolute atomic E-state index is 10.7. The standard InChI is InChI=1S/C23H39NO5.C3H8/c1-17(2)19(16-20(24)21(27-4)8-6-11-25)14-18-9-10-22(28-5)23(15-18)29-13-7-12-26-3;1-3-2/h9-11,15,17,19-21H,6-8,12-14,16,24H2,1-5H3;3H2,1-2H3. The molecule has 0 aliphatic heterocycles. The Morgan fingerprint density at radius 2 is 1.75 bits per heavy atom. The lowest BCUT2D eigenvalue weighted by atomic mass is 9.82. The molecular formula is C26H47NO5. The highest BCUT2D eigenvalue weighted by molar-refractivity contribution is 5.49. The second-order valence-electron chi connectivity index (χ2n) is 8.51. The third-order valence-corrected chi connectivity index (χ3v) is 5.34. The first-order valence-electron chi connectivity index (χ1n) is 11.9. The van der Waals surface area contributed by atoms with E-state index in [2.05, 4.69) is 39.8 Å². The van der Waals surface area contributed by atoms with E-state index in [1.54, 1.807) is 21.3 Å². The largest absolute Gasteiger partial charge is 0.493 e. The summed E-state index contributed by atoms with van der Waals surface area (Å²) in [6, 6.07) is 6.00. The summed E-state index contributed by atoms with van der Waals surface area (Å²) < 4.78 is 22.0. The molecule has 6 nitrogen and oxygen atoms in total. The Bertz CT molecular complexity index is 594. The minimum Gasteiger partial charge on any atom is -0.493 e. The number of aldehydes is 1. The molecule has 0 radical (unpaired) electrons. The summed E-state index contributed by atoms with van der Waals surface area (Å²) in [6.45, 7) is 9.94. The van der Waals surface area contributed by atoms with Crippen LogP contribution in [0.15, 0.2) is 18.2 Å². The van der Waals surface area contributed by atoms with Crippen LogP contribution < -0.4 is 15.2 Å². The van der Waals surface area contributed by atoms with Gasteiger partial charge in [-0.3, -0.25) is 0 Å². The van der Waals surface area contributed by atoms with Crippen molar-refractivity contribution >= 4 is 6.29 Å². The molecule has 0 saturated heterocycles. The molecule has 6 heteroatoms. The molecule has 2 N–H and O–H groups in total. The van der Waals surface area contributed by atoms with Crippen LogP contribution in [0.2, 0.25) is 0 Å². The Hall–Kier alpha value is -1.63. The van der Waals surface area contributed by atoms with Gasteiger partial charge in [0.15, 0.2) is 11.5 Å².